The van der Waals surface area contributed by atoms with Gasteiger partial charge in [-0.3, -0.25) is 0 Å². The van der Waals surface area contributed by atoms with Crippen LogP contribution < -0.4 is 4.74 Å². The van der Waals surface area contributed by atoms with Crippen LogP contribution in [0, 0.1) is 17.4 Å². The van der Waals surface area contributed by atoms with Crippen LogP contribution in [-0.2, 0) is 4.74 Å². The zero-order valence-electron chi connectivity index (χ0n) is 11.6. The molecule has 4 heteroatoms. The normalized spacial score (nSPS) is 10.2. The Labute approximate surface area is 132 Å². The maximum atomic E-state index is 11.6. The van der Waals surface area contributed by atoms with Crippen LogP contribution in [0.15, 0.2) is 36.4 Å². The second-order valence-corrected chi connectivity index (χ2v) is 5.62. The first kappa shape index (κ1) is 14.8. The van der Waals surface area contributed by atoms with Crippen LogP contribution in [0.1, 0.15) is 21.5 Å². The first-order valence-electron chi connectivity index (χ1n) is 6.15. The van der Waals surface area contributed by atoms with E-state index < -0.39 is 0 Å². The molecule has 3 nitrogen and oxygen atoms in total. The van der Waals surface area contributed by atoms with Crippen molar-refractivity contribution in [3.05, 3.63) is 56.7 Å². The summed E-state index contributed by atoms with van der Waals surface area (Å²) in [5.74, 6) is 1.12. The molecule has 0 aliphatic heterocycles. The van der Waals surface area contributed by atoms with Gasteiger partial charge in [0.2, 0.25) is 0 Å². The number of carbonyl (C=O) groups excluding carboxylic acids is 1. The SMILES string of the molecule is COC(=O)c1ccc(I)c(Oc2c(C)cccc2C)c1. The molecular formula is C16H15IO3. The molecule has 2 aromatic carbocycles. The van der Waals surface area contributed by atoms with E-state index in [1.54, 1.807) is 12.1 Å². The Morgan fingerprint density at radius 1 is 1.10 bits per heavy atom. The van der Waals surface area contributed by atoms with E-state index in [0.717, 1.165) is 20.4 Å². The number of hydrogen-bond donors (Lipinski definition) is 0. The minimum absolute atomic E-state index is 0.368. The first-order chi connectivity index (χ1) is 9.52. The molecule has 0 aliphatic rings. The lowest BCUT2D eigenvalue weighted by molar-refractivity contribution is 0.0600. The third-order valence-electron chi connectivity index (χ3n) is 2.97. The van der Waals surface area contributed by atoms with E-state index in [0.29, 0.717) is 11.3 Å². The molecule has 0 aromatic heterocycles. The predicted octanol–water partition coefficient (Wildman–Crippen LogP) is 4.49. The summed E-state index contributed by atoms with van der Waals surface area (Å²) in [6.45, 7) is 4.00. The van der Waals surface area contributed by atoms with Gasteiger partial charge in [0.15, 0.2) is 0 Å². The summed E-state index contributed by atoms with van der Waals surface area (Å²) < 4.78 is 11.7. The quantitative estimate of drug-likeness (QED) is 0.580. The number of ether oxygens (including phenoxy) is 2. The van der Waals surface area contributed by atoms with Gasteiger partial charge in [-0.15, -0.1) is 0 Å². The molecule has 2 rings (SSSR count). The van der Waals surface area contributed by atoms with Crippen molar-refractivity contribution in [2.24, 2.45) is 0 Å². The standard InChI is InChI=1S/C16H15IO3/c1-10-5-4-6-11(2)15(10)20-14-9-12(16(18)19-3)7-8-13(14)17/h4-9H,1-3H3. The van der Waals surface area contributed by atoms with E-state index in [9.17, 15) is 4.79 Å². The van der Waals surface area contributed by atoms with E-state index in [4.69, 9.17) is 9.47 Å². The number of rotatable bonds is 3. The first-order valence-corrected chi connectivity index (χ1v) is 7.22. The van der Waals surface area contributed by atoms with Gasteiger partial charge in [-0.05, 0) is 65.8 Å². The number of aryl methyl sites for hydroxylation is 2. The van der Waals surface area contributed by atoms with Gasteiger partial charge in [-0.2, -0.15) is 0 Å². The van der Waals surface area contributed by atoms with Gasteiger partial charge in [-0.1, -0.05) is 18.2 Å². The van der Waals surface area contributed by atoms with Crippen molar-refractivity contribution < 1.29 is 14.3 Å². The molecule has 0 radical (unpaired) electrons. The maximum absolute atomic E-state index is 11.6. The molecule has 0 spiro atoms. The third-order valence-corrected chi connectivity index (χ3v) is 3.86. The van der Waals surface area contributed by atoms with Crippen molar-refractivity contribution in [3.8, 4) is 11.5 Å². The van der Waals surface area contributed by atoms with E-state index in [-0.39, 0.29) is 5.97 Å². The number of para-hydroxylation sites is 1. The van der Waals surface area contributed by atoms with Crippen LogP contribution in [-0.4, -0.2) is 13.1 Å². The zero-order valence-corrected chi connectivity index (χ0v) is 13.7. The maximum Gasteiger partial charge on any atom is 0.337 e. The van der Waals surface area contributed by atoms with Gasteiger partial charge in [0.25, 0.3) is 0 Å². The highest BCUT2D eigenvalue weighted by Crippen LogP contribution is 2.32. The summed E-state index contributed by atoms with van der Waals surface area (Å²) in [5.41, 5.74) is 2.60. The Kier molecular flexibility index (Phi) is 4.65. The number of carbonyl (C=O) groups is 1. The molecule has 20 heavy (non-hydrogen) atoms. The number of benzene rings is 2. The van der Waals surface area contributed by atoms with Gasteiger partial charge in [0, 0.05) is 0 Å². The molecule has 0 aliphatic carbocycles. The van der Waals surface area contributed by atoms with Crippen molar-refractivity contribution in [1.82, 2.24) is 0 Å². The van der Waals surface area contributed by atoms with Gasteiger partial charge in [0.05, 0.1) is 16.2 Å². The zero-order chi connectivity index (χ0) is 14.7. The second kappa shape index (κ2) is 6.26. The summed E-state index contributed by atoms with van der Waals surface area (Å²) in [5, 5.41) is 0. The van der Waals surface area contributed by atoms with Crippen LogP contribution in [0.3, 0.4) is 0 Å². The molecule has 0 saturated carbocycles. The molecular weight excluding hydrogens is 367 g/mol. The van der Waals surface area contributed by atoms with E-state index in [1.807, 2.05) is 38.1 Å². The summed E-state index contributed by atoms with van der Waals surface area (Å²) >= 11 is 2.19. The van der Waals surface area contributed by atoms with E-state index >= 15 is 0 Å². The fraction of sp³-hybridized carbons (Fsp3) is 0.188. The van der Waals surface area contributed by atoms with Crippen molar-refractivity contribution in [1.29, 1.82) is 0 Å². The van der Waals surface area contributed by atoms with E-state index in [1.165, 1.54) is 7.11 Å². The van der Waals surface area contributed by atoms with Gasteiger partial charge in [-0.25, -0.2) is 4.79 Å². The van der Waals surface area contributed by atoms with Crippen molar-refractivity contribution >= 4 is 28.6 Å². The molecule has 0 N–H and O–H groups in total. The molecule has 0 bridgehead atoms. The molecule has 0 fully saturated rings. The largest absolute Gasteiger partial charge is 0.465 e. The van der Waals surface area contributed by atoms with Gasteiger partial charge >= 0.3 is 5.97 Å². The topological polar surface area (TPSA) is 35.5 Å². The Bertz CT molecular complexity index is 630. The van der Waals surface area contributed by atoms with Gasteiger partial charge in [0.1, 0.15) is 11.5 Å². The fourth-order valence-electron chi connectivity index (χ4n) is 1.90. The Balaban J connectivity index is 2.40. The number of hydrogen-bond acceptors (Lipinski definition) is 3. The molecule has 0 saturated heterocycles. The van der Waals surface area contributed by atoms with Crippen LogP contribution in [0.4, 0.5) is 0 Å². The fourth-order valence-corrected chi connectivity index (χ4v) is 2.34. The summed E-state index contributed by atoms with van der Waals surface area (Å²) in [6.07, 6.45) is 0. The smallest absolute Gasteiger partial charge is 0.337 e. The van der Waals surface area contributed by atoms with Crippen molar-refractivity contribution in [2.45, 2.75) is 13.8 Å². The second-order valence-electron chi connectivity index (χ2n) is 4.46. The highest BCUT2D eigenvalue weighted by atomic mass is 127. The average Bonchev–Trinajstić information content (AvgIpc) is 2.44. The van der Waals surface area contributed by atoms with Crippen LogP contribution >= 0.6 is 22.6 Å². The van der Waals surface area contributed by atoms with Gasteiger partial charge < -0.3 is 9.47 Å². The predicted molar refractivity (Wildman–Crippen MR) is 86.5 cm³/mol. The van der Waals surface area contributed by atoms with Crippen LogP contribution in [0.2, 0.25) is 0 Å². The van der Waals surface area contributed by atoms with Crippen LogP contribution in [0.5, 0.6) is 11.5 Å². The number of esters is 1. The molecule has 0 heterocycles. The molecule has 2 aromatic rings. The number of halogens is 1. The summed E-state index contributed by atoms with van der Waals surface area (Å²) in [7, 11) is 1.37. The lowest BCUT2D eigenvalue weighted by Gasteiger charge is -2.13. The third kappa shape index (κ3) is 3.12. The lowest BCUT2D eigenvalue weighted by atomic mass is 10.1. The highest BCUT2D eigenvalue weighted by molar-refractivity contribution is 14.1. The van der Waals surface area contributed by atoms with Crippen molar-refractivity contribution in [2.75, 3.05) is 7.11 Å². The Morgan fingerprint density at radius 2 is 1.75 bits per heavy atom. The molecule has 0 unspecified atom stereocenters. The lowest BCUT2D eigenvalue weighted by Crippen LogP contribution is -2.02. The minimum atomic E-state index is -0.368. The average molecular weight is 382 g/mol. The van der Waals surface area contributed by atoms with Crippen LogP contribution in [0.25, 0.3) is 0 Å². The van der Waals surface area contributed by atoms with E-state index in [2.05, 4.69) is 22.6 Å². The highest BCUT2D eigenvalue weighted by Gasteiger charge is 2.12. The Hall–Kier alpha value is -1.56. The Morgan fingerprint density at radius 3 is 2.35 bits per heavy atom. The summed E-state index contributed by atoms with van der Waals surface area (Å²) in [6, 6.07) is 11.3. The molecule has 104 valence electrons. The molecule has 0 atom stereocenters. The number of methoxy groups -OCH3 is 1. The molecule has 0 amide bonds. The van der Waals surface area contributed by atoms with Crippen molar-refractivity contribution in [3.63, 3.8) is 0 Å². The monoisotopic (exact) mass is 382 g/mol. The minimum Gasteiger partial charge on any atom is -0.465 e. The summed E-state index contributed by atoms with van der Waals surface area (Å²) in [4.78, 5) is 11.6.